The van der Waals surface area contributed by atoms with Crippen LogP contribution < -0.4 is 0 Å². The van der Waals surface area contributed by atoms with Gasteiger partial charge in [-0.25, -0.2) is 14.7 Å². The van der Waals surface area contributed by atoms with Crippen molar-refractivity contribution in [2.75, 3.05) is 40.1 Å². The van der Waals surface area contributed by atoms with E-state index in [9.17, 15) is 0 Å². The highest BCUT2D eigenvalue weighted by atomic mass is 17.7. The molecule has 0 heterocycles. The summed E-state index contributed by atoms with van der Waals surface area (Å²) in [6.07, 6.45) is 14.3. The molecule has 10 nitrogen and oxygen atoms in total. The maximum absolute atomic E-state index is 5.40. The summed E-state index contributed by atoms with van der Waals surface area (Å²) in [5.41, 5.74) is 0. The van der Waals surface area contributed by atoms with E-state index in [2.05, 4.69) is 38.4 Å². The van der Waals surface area contributed by atoms with Crippen LogP contribution in [0, 0.1) is 0 Å². The minimum atomic E-state index is -0.362. The standard InChI is InChI=1S/C23H46O10/c1-5-6-7-8-9-10-11-12-13-14-15-17-26-27-20-19-25-21-23(3)30-33-32-28-18-16-22(2)29-31-24-4/h23H,2,5-21H2,1,3-4H3. The molecule has 0 saturated heterocycles. The summed E-state index contributed by atoms with van der Waals surface area (Å²) >= 11 is 0. The van der Waals surface area contributed by atoms with E-state index < -0.39 is 0 Å². The summed E-state index contributed by atoms with van der Waals surface area (Å²) in [4.78, 5) is 28.7. The second-order valence-electron chi connectivity index (χ2n) is 7.73. The van der Waals surface area contributed by atoms with Gasteiger partial charge in [-0.2, -0.15) is 9.78 Å². The fraction of sp³-hybridized carbons (Fsp3) is 0.913. The van der Waals surface area contributed by atoms with Crippen molar-refractivity contribution in [1.29, 1.82) is 0 Å². The second kappa shape index (κ2) is 27.4. The van der Waals surface area contributed by atoms with Gasteiger partial charge in [0.15, 0.2) is 0 Å². The zero-order valence-electron chi connectivity index (χ0n) is 20.9. The van der Waals surface area contributed by atoms with Gasteiger partial charge in [0.2, 0.25) is 0 Å². The number of hydrogen-bond acceptors (Lipinski definition) is 10. The first kappa shape index (κ1) is 32.2. The average Bonchev–Trinajstić information content (AvgIpc) is 2.81. The van der Waals surface area contributed by atoms with Gasteiger partial charge in [0, 0.05) is 6.42 Å². The van der Waals surface area contributed by atoms with Gasteiger partial charge in [-0.1, -0.05) is 77.7 Å². The molecular formula is C23H46O10. The van der Waals surface area contributed by atoms with Crippen molar-refractivity contribution in [3.05, 3.63) is 12.3 Å². The monoisotopic (exact) mass is 482 g/mol. The normalized spacial score (nSPS) is 12.2. The summed E-state index contributed by atoms with van der Waals surface area (Å²) in [6, 6.07) is 0. The van der Waals surface area contributed by atoms with Crippen LogP contribution in [-0.2, 0) is 49.2 Å². The van der Waals surface area contributed by atoms with Gasteiger partial charge < -0.3 is 9.62 Å². The molecule has 1 atom stereocenters. The Morgan fingerprint density at radius 1 is 0.697 bits per heavy atom. The molecule has 0 aromatic carbocycles. The fourth-order valence-electron chi connectivity index (χ4n) is 2.73. The summed E-state index contributed by atoms with van der Waals surface area (Å²) in [6.45, 7) is 9.34. The van der Waals surface area contributed by atoms with Crippen LogP contribution in [0.25, 0.3) is 0 Å². The first-order valence-electron chi connectivity index (χ1n) is 12.2. The minimum Gasteiger partial charge on any atom is -0.376 e. The van der Waals surface area contributed by atoms with Crippen molar-refractivity contribution in [2.45, 2.75) is 97.0 Å². The Balaban J connectivity index is 3.18. The van der Waals surface area contributed by atoms with Crippen molar-refractivity contribution < 1.29 is 49.2 Å². The Hall–Kier alpha value is -0.820. The molecule has 0 saturated carbocycles. The zero-order chi connectivity index (χ0) is 24.2. The molecule has 0 aliphatic carbocycles. The Bertz CT molecular complexity index is 397. The van der Waals surface area contributed by atoms with Gasteiger partial charge in [0.1, 0.15) is 18.5 Å². The molecule has 0 N–H and O–H groups in total. The third kappa shape index (κ3) is 27.3. The highest BCUT2D eigenvalue weighted by Crippen LogP contribution is 2.11. The van der Waals surface area contributed by atoms with Crippen LogP contribution >= 0.6 is 0 Å². The van der Waals surface area contributed by atoms with Crippen LogP contribution in [0.15, 0.2) is 12.3 Å². The van der Waals surface area contributed by atoms with Crippen LogP contribution in [0.4, 0.5) is 0 Å². The van der Waals surface area contributed by atoms with Gasteiger partial charge in [-0.3, -0.25) is 0 Å². The Labute approximate surface area is 199 Å². The van der Waals surface area contributed by atoms with E-state index in [1.807, 2.05) is 0 Å². The van der Waals surface area contributed by atoms with Crippen molar-refractivity contribution >= 4 is 0 Å². The van der Waals surface area contributed by atoms with Crippen LogP contribution in [0.1, 0.15) is 90.9 Å². The molecule has 0 aromatic rings. The first-order valence-corrected chi connectivity index (χ1v) is 12.2. The smallest absolute Gasteiger partial charge is 0.141 e. The van der Waals surface area contributed by atoms with Crippen molar-refractivity contribution in [2.24, 2.45) is 0 Å². The van der Waals surface area contributed by atoms with E-state index in [0.29, 0.717) is 38.6 Å². The largest absolute Gasteiger partial charge is 0.376 e. The second-order valence-corrected chi connectivity index (χ2v) is 7.73. The lowest BCUT2D eigenvalue weighted by Crippen LogP contribution is -2.18. The molecule has 0 rings (SSSR count). The molecule has 0 aliphatic rings. The van der Waals surface area contributed by atoms with Crippen LogP contribution in [0.2, 0.25) is 0 Å². The Morgan fingerprint density at radius 3 is 2.00 bits per heavy atom. The van der Waals surface area contributed by atoms with Crippen molar-refractivity contribution in [3.63, 3.8) is 0 Å². The maximum Gasteiger partial charge on any atom is 0.141 e. The summed E-state index contributed by atoms with van der Waals surface area (Å²) < 4.78 is 5.40. The summed E-state index contributed by atoms with van der Waals surface area (Å²) in [7, 11) is 1.31. The predicted molar refractivity (Wildman–Crippen MR) is 121 cm³/mol. The highest BCUT2D eigenvalue weighted by Gasteiger charge is 2.05. The molecule has 33 heavy (non-hydrogen) atoms. The third-order valence-electron chi connectivity index (χ3n) is 4.54. The van der Waals surface area contributed by atoms with E-state index in [0.717, 1.165) is 6.42 Å². The predicted octanol–water partition coefficient (Wildman–Crippen LogP) is 5.88. The van der Waals surface area contributed by atoms with Gasteiger partial charge in [0.05, 0.1) is 33.5 Å². The molecule has 0 radical (unpaired) electrons. The summed E-state index contributed by atoms with van der Waals surface area (Å²) in [5.74, 6) is 0.299. The molecule has 0 spiro atoms. The van der Waals surface area contributed by atoms with Gasteiger partial charge >= 0.3 is 0 Å². The lowest BCUT2D eigenvalue weighted by molar-refractivity contribution is -0.641. The fourth-order valence-corrected chi connectivity index (χ4v) is 2.73. The van der Waals surface area contributed by atoms with Crippen LogP contribution in [0.3, 0.4) is 0 Å². The van der Waals surface area contributed by atoms with E-state index >= 15 is 0 Å². The van der Waals surface area contributed by atoms with E-state index in [1.54, 1.807) is 6.92 Å². The van der Waals surface area contributed by atoms with Crippen molar-refractivity contribution in [3.8, 4) is 0 Å². The van der Waals surface area contributed by atoms with Gasteiger partial charge in [-0.15, -0.1) is 0 Å². The topological polar surface area (TPSA) is 92.3 Å². The maximum atomic E-state index is 5.40. The third-order valence-corrected chi connectivity index (χ3v) is 4.54. The van der Waals surface area contributed by atoms with Crippen molar-refractivity contribution in [1.82, 2.24) is 0 Å². The average molecular weight is 483 g/mol. The van der Waals surface area contributed by atoms with Crippen LogP contribution in [-0.4, -0.2) is 46.2 Å². The number of ether oxygens (including phenoxy) is 1. The molecular weight excluding hydrogens is 436 g/mol. The Morgan fingerprint density at radius 2 is 1.33 bits per heavy atom. The molecule has 0 bridgehead atoms. The quantitative estimate of drug-likeness (QED) is 0.0583. The number of hydrogen-bond donors (Lipinski definition) is 0. The lowest BCUT2D eigenvalue weighted by Gasteiger charge is -2.11. The number of rotatable bonds is 28. The minimum absolute atomic E-state index is 0.122. The molecule has 0 aliphatic heterocycles. The lowest BCUT2D eigenvalue weighted by atomic mass is 10.1. The Kier molecular flexibility index (Phi) is 26.7. The van der Waals surface area contributed by atoms with E-state index in [1.165, 1.54) is 71.3 Å². The highest BCUT2D eigenvalue weighted by molar-refractivity contribution is 4.79. The van der Waals surface area contributed by atoms with E-state index in [-0.39, 0.29) is 12.7 Å². The molecule has 0 amide bonds. The molecule has 198 valence electrons. The molecule has 10 heteroatoms. The number of unbranched alkanes of at least 4 members (excludes halogenated alkanes) is 10. The van der Waals surface area contributed by atoms with Crippen LogP contribution in [0.5, 0.6) is 0 Å². The van der Waals surface area contributed by atoms with Gasteiger partial charge in [-0.05, 0) is 28.5 Å². The summed E-state index contributed by atoms with van der Waals surface area (Å²) in [5, 5.41) is 13.1. The molecule has 0 aromatic heterocycles. The first-order chi connectivity index (χ1) is 16.2. The SMILES string of the molecule is C=C(CCOOOOC(C)COCCOOCCCCCCCCCCCCC)OOOC. The molecule has 1 unspecified atom stereocenters. The zero-order valence-corrected chi connectivity index (χ0v) is 20.9. The van der Waals surface area contributed by atoms with E-state index in [4.69, 9.17) is 24.3 Å². The van der Waals surface area contributed by atoms with Gasteiger partial charge in [0.25, 0.3) is 0 Å². The molecule has 0 fully saturated rings.